The van der Waals surface area contributed by atoms with Gasteiger partial charge in [-0.05, 0) is 61.0 Å². The number of pyridine rings is 1. The lowest BCUT2D eigenvalue weighted by molar-refractivity contribution is -0.193. The highest BCUT2D eigenvalue weighted by molar-refractivity contribution is 5.73. The molecule has 0 atom stereocenters. The van der Waals surface area contributed by atoms with Crippen molar-refractivity contribution >= 4 is 11.9 Å². The zero-order chi connectivity index (χ0) is 32.7. The molecule has 0 unspecified atom stereocenters. The summed E-state index contributed by atoms with van der Waals surface area (Å²) in [5.74, 6) is -3.94. The Balaban J connectivity index is 0.000000522. The average molecular weight is 609 g/mol. The van der Waals surface area contributed by atoms with Crippen molar-refractivity contribution in [1.29, 1.82) is 0 Å². The van der Waals surface area contributed by atoms with Crippen molar-refractivity contribution in [3.63, 3.8) is 0 Å². The molecular weight excluding hydrogens is 570 g/mol. The molecule has 1 fully saturated rings. The lowest BCUT2D eigenvalue weighted by atomic mass is 9.78. The molecule has 0 radical (unpaired) electrons. The largest absolute Gasteiger partial charge is 0.496 e. The smallest absolute Gasteiger partial charge is 0.490 e. The van der Waals surface area contributed by atoms with Crippen LogP contribution in [0.15, 0.2) is 30.3 Å². The van der Waals surface area contributed by atoms with Crippen molar-refractivity contribution in [3.05, 3.63) is 47.2 Å². The van der Waals surface area contributed by atoms with Crippen LogP contribution in [0.4, 0.5) is 26.3 Å². The molecule has 0 amide bonds. The number of carbonyl (C=O) groups is 2. The fourth-order valence-electron chi connectivity index (χ4n) is 4.07. The van der Waals surface area contributed by atoms with Crippen molar-refractivity contribution in [2.45, 2.75) is 83.5 Å². The summed E-state index contributed by atoms with van der Waals surface area (Å²) in [6.45, 7) is 15.7. The number of hydrogen-bond acceptors (Lipinski definition) is 5. The molecule has 0 aliphatic carbocycles. The molecule has 42 heavy (non-hydrogen) atoms. The Kier molecular flexibility index (Phi) is 12.4. The number of alkyl halides is 6. The van der Waals surface area contributed by atoms with Gasteiger partial charge in [-0.3, -0.25) is 4.98 Å². The van der Waals surface area contributed by atoms with Crippen molar-refractivity contribution in [2.24, 2.45) is 0 Å². The van der Waals surface area contributed by atoms with E-state index in [9.17, 15) is 26.3 Å². The molecule has 13 heteroatoms. The fraction of sp³-hybridized carbons (Fsp3) is 0.552. The van der Waals surface area contributed by atoms with Crippen LogP contribution in [0.25, 0.3) is 11.3 Å². The third kappa shape index (κ3) is 11.1. The van der Waals surface area contributed by atoms with E-state index >= 15 is 0 Å². The highest BCUT2D eigenvalue weighted by Crippen LogP contribution is 2.42. The van der Waals surface area contributed by atoms with E-state index < -0.39 is 24.3 Å². The first-order chi connectivity index (χ1) is 19.0. The first-order valence-corrected chi connectivity index (χ1v) is 13.0. The number of hydrogen-bond donors (Lipinski definition) is 3. The van der Waals surface area contributed by atoms with Gasteiger partial charge in [0.25, 0.3) is 0 Å². The highest BCUT2D eigenvalue weighted by atomic mass is 19.4. The predicted octanol–water partition coefficient (Wildman–Crippen LogP) is 7.09. The van der Waals surface area contributed by atoms with Gasteiger partial charge in [0.05, 0.1) is 12.8 Å². The van der Waals surface area contributed by atoms with E-state index in [2.05, 4.69) is 77.2 Å². The number of ether oxygens (including phenoxy) is 1. The minimum Gasteiger partial charge on any atom is -0.496 e. The second kappa shape index (κ2) is 14.2. The summed E-state index contributed by atoms with van der Waals surface area (Å²) < 4.78 is 69.4. The number of carboxylic acids is 2. The van der Waals surface area contributed by atoms with Crippen LogP contribution in [0.1, 0.15) is 77.1 Å². The van der Waals surface area contributed by atoms with E-state index in [0.29, 0.717) is 5.92 Å². The molecule has 1 aromatic heterocycles. The quantitative estimate of drug-likeness (QED) is 0.320. The molecule has 0 spiro atoms. The third-order valence-electron chi connectivity index (χ3n) is 6.22. The zero-order valence-electron chi connectivity index (χ0n) is 24.6. The van der Waals surface area contributed by atoms with Crippen LogP contribution >= 0.6 is 0 Å². The van der Waals surface area contributed by atoms with Gasteiger partial charge in [-0.25, -0.2) is 9.59 Å². The lowest BCUT2D eigenvalue weighted by Gasteiger charge is -2.30. The number of aliphatic carboxylic acids is 2. The Bertz CT molecular complexity index is 1150. The van der Waals surface area contributed by atoms with Gasteiger partial charge in [0.15, 0.2) is 0 Å². The second-order valence-corrected chi connectivity index (χ2v) is 11.7. The summed E-state index contributed by atoms with van der Waals surface area (Å²) in [4.78, 5) is 22.9. The maximum Gasteiger partial charge on any atom is 0.490 e. The predicted molar refractivity (Wildman–Crippen MR) is 146 cm³/mol. The first-order valence-electron chi connectivity index (χ1n) is 13.0. The number of halogens is 6. The van der Waals surface area contributed by atoms with Gasteiger partial charge in [-0.2, -0.15) is 26.3 Å². The number of carboxylic acid groups (broad SMARTS) is 2. The molecule has 1 saturated heterocycles. The number of methoxy groups -OCH3 is 1. The Morgan fingerprint density at radius 3 is 1.57 bits per heavy atom. The van der Waals surface area contributed by atoms with Gasteiger partial charge in [0.1, 0.15) is 5.75 Å². The first kappa shape index (κ1) is 36.7. The topological polar surface area (TPSA) is 109 Å². The Morgan fingerprint density at radius 2 is 1.24 bits per heavy atom. The maximum absolute atomic E-state index is 10.6. The second-order valence-electron chi connectivity index (χ2n) is 11.7. The summed E-state index contributed by atoms with van der Waals surface area (Å²) in [6, 6.07) is 11.1. The number of aromatic nitrogens is 1. The molecule has 7 nitrogen and oxygen atoms in total. The van der Waals surface area contributed by atoms with Crippen LogP contribution in [0, 0.1) is 0 Å². The van der Waals surface area contributed by atoms with Crippen molar-refractivity contribution < 1.29 is 50.9 Å². The summed E-state index contributed by atoms with van der Waals surface area (Å²) >= 11 is 0. The van der Waals surface area contributed by atoms with Crippen molar-refractivity contribution in [1.82, 2.24) is 10.3 Å². The molecule has 1 aliphatic heterocycles. The molecule has 3 rings (SSSR count). The fourth-order valence-corrected chi connectivity index (χ4v) is 4.07. The average Bonchev–Trinajstić information content (AvgIpc) is 2.87. The summed E-state index contributed by atoms with van der Waals surface area (Å²) in [5.41, 5.74) is 5.95. The minimum atomic E-state index is -5.08. The van der Waals surface area contributed by atoms with Gasteiger partial charge in [0, 0.05) is 28.3 Å². The molecule has 2 heterocycles. The molecule has 236 valence electrons. The monoisotopic (exact) mass is 608 g/mol. The Hall–Kier alpha value is -3.35. The van der Waals surface area contributed by atoms with E-state index in [1.54, 1.807) is 7.11 Å². The van der Waals surface area contributed by atoms with E-state index in [1.165, 1.54) is 35.2 Å². The molecule has 1 aromatic carbocycles. The number of piperidine rings is 1. The molecular formula is C29H38F6N2O5. The zero-order valence-corrected chi connectivity index (χ0v) is 24.6. The molecule has 2 aromatic rings. The van der Waals surface area contributed by atoms with E-state index in [0.717, 1.165) is 24.5 Å². The van der Waals surface area contributed by atoms with Crippen molar-refractivity contribution in [2.75, 3.05) is 20.2 Å². The van der Waals surface area contributed by atoms with Gasteiger partial charge < -0.3 is 20.3 Å². The molecule has 0 bridgehead atoms. The normalized spacial score (nSPS) is 14.6. The number of nitrogens with one attached hydrogen (secondary N) is 1. The molecule has 3 N–H and O–H groups in total. The van der Waals surface area contributed by atoms with E-state index in [1.807, 2.05) is 0 Å². The van der Waals surface area contributed by atoms with Gasteiger partial charge in [0.2, 0.25) is 0 Å². The van der Waals surface area contributed by atoms with Gasteiger partial charge in [-0.1, -0.05) is 47.6 Å². The van der Waals surface area contributed by atoms with Crippen LogP contribution in [0.5, 0.6) is 5.75 Å². The van der Waals surface area contributed by atoms with Crippen LogP contribution in [0.2, 0.25) is 0 Å². The number of rotatable bonds is 3. The van der Waals surface area contributed by atoms with E-state index in [-0.39, 0.29) is 10.8 Å². The Morgan fingerprint density at radius 1 is 0.833 bits per heavy atom. The minimum absolute atomic E-state index is 0.00595. The van der Waals surface area contributed by atoms with E-state index in [4.69, 9.17) is 29.5 Å². The van der Waals surface area contributed by atoms with Gasteiger partial charge >= 0.3 is 24.3 Å². The number of benzene rings is 1. The standard InChI is InChI=1S/C25H36N2O.2C2HF3O2/c1-24(2,3)19-15-18(16-20(23(19)28-7)25(4,5)6)22-10-8-9-21(27-22)17-11-13-26-14-12-17;2*3-2(4,5)1(6)7/h8-10,15-17,26H,11-14H2,1-7H3;2*(H,6,7). The van der Waals surface area contributed by atoms with Crippen LogP contribution in [-0.2, 0) is 20.4 Å². The SMILES string of the molecule is COc1c(C(C)(C)C)cc(-c2cccc(C3CCNCC3)n2)cc1C(C)(C)C.O=C(O)C(F)(F)F.O=C(O)C(F)(F)F. The van der Waals surface area contributed by atoms with Crippen LogP contribution < -0.4 is 10.1 Å². The Labute approximate surface area is 241 Å². The summed E-state index contributed by atoms with van der Waals surface area (Å²) in [5, 5.41) is 17.7. The van der Waals surface area contributed by atoms with Crippen LogP contribution in [0.3, 0.4) is 0 Å². The van der Waals surface area contributed by atoms with Gasteiger partial charge in [-0.15, -0.1) is 0 Å². The van der Waals surface area contributed by atoms with Crippen LogP contribution in [-0.4, -0.2) is 59.7 Å². The summed E-state index contributed by atoms with van der Waals surface area (Å²) in [6.07, 6.45) is -7.83. The molecule has 0 saturated carbocycles. The maximum atomic E-state index is 10.6. The summed E-state index contributed by atoms with van der Waals surface area (Å²) in [7, 11) is 1.79. The highest BCUT2D eigenvalue weighted by Gasteiger charge is 2.39. The number of nitrogens with zero attached hydrogens (tertiary/aromatic N) is 1. The molecule has 1 aliphatic rings. The lowest BCUT2D eigenvalue weighted by Crippen LogP contribution is -2.27. The van der Waals surface area contributed by atoms with Crippen molar-refractivity contribution in [3.8, 4) is 17.0 Å². The third-order valence-corrected chi connectivity index (χ3v) is 6.22.